The Balaban J connectivity index is 1.84. The largest absolute Gasteiger partial charge is 0.331 e. The zero-order valence-electron chi connectivity index (χ0n) is 11.0. The number of thiophene rings is 1. The zero-order chi connectivity index (χ0) is 13.2. The van der Waals surface area contributed by atoms with E-state index in [1.54, 1.807) is 11.3 Å². The summed E-state index contributed by atoms with van der Waals surface area (Å²) in [4.78, 5) is 15.9. The molecule has 1 amide bonds. The number of hydrogen-bond donors (Lipinski definition) is 0. The molecule has 2 aromatic rings. The summed E-state index contributed by atoms with van der Waals surface area (Å²) in [7, 11) is 0. The van der Waals surface area contributed by atoms with E-state index in [1.165, 1.54) is 10.4 Å². The van der Waals surface area contributed by atoms with E-state index in [0.717, 1.165) is 24.9 Å². The Hall–Kier alpha value is -1.61. The van der Waals surface area contributed by atoms with Crippen molar-refractivity contribution in [3.05, 3.63) is 57.8 Å². The second kappa shape index (κ2) is 5.17. The first-order valence-electron chi connectivity index (χ1n) is 6.67. The van der Waals surface area contributed by atoms with Gasteiger partial charge >= 0.3 is 0 Å². The summed E-state index contributed by atoms with van der Waals surface area (Å²) in [5, 5.41) is 2.09. The van der Waals surface area contributed by atoms with Gasteiger partial charge in [-0.15, -0.1) is 11.3 Å². The first kappa shape index (κ1) is 12.4. The topological polar surface area (TPSA) is 20.3 Å². The van der Waals surface area contributed by atoms with Gasteiger partial charge in [-0.25, -0.2) is 0 Å². The van der Waals surface area contributed by atoms with Crippen molar-refractivity contribution in [2.45, 2.75) is 25.8 Å². The average molecular weight is 271 g/mol. The van der Waals surface area contributed by atoms with Gasteiger partial charge in [-0.2, -0.15) is 0 Å². The molecule has 0 radical (unpaired) electrons. The second-order valence-electron chi connectivity index (χ2n) is 5.04. The predicted octanol–water partition coefficient (Wildman–Crippen LogP) is 4.03. The van der Waals surface area contributed by atoms with Crippen LogP contribution in [0.3, 0.4) is 0 Å². The van der Waals surface area contributed by atoms with Crippen LogP contribution in [0.5, 0.6) is 0 Å². The lowest BCUT2D eigenvalue weighted by Crippen LogP contribution is -2.30. The number of carbonyl (C=O) groups is 1. The number of carbonyl (C=O) groups excluding carboxylic acids is 1. The van der Waals surface area contributed by atoms with Crippen molar-refractivity contribution in [3.63, 3.8) is 0 Å². The lowest BCUT2D eigenvalue weighted by atomic mass is 10.1. The predicted molar refractivity (Wildman–Crippen MR) is 78.5 cm³/mol. The molecule has 3 rings (SSSR count). The summed E-state index contributed by atoms with van der Waals surface area (Å²) >= 11 is 1.75. The van der Waals surface area contributed by atoms with Crippen molar-refractivity contribution in [2.75, 3.05) is 6.54 Å². The number of hydrogen-bond acceptors (Lipinski definition) is 2. The summed E-state index contributed by atoms with van der Waals surface area (Å²) < 4.78 is 0. The van der Waals surface area contributed by atoms with Crippen molar-refractivity contribution in [2.24, 2.45) is 0 Å². The standard InChI is InChI=1S/C16H17NOS/c1-12-6-8-13(9-7-12)16(18)17-10-2-4-14(17)15-5-3-11-19-15/h3,5-9,11,14H,2,4,10H2,1H3/t14-/m0/s1. The highest BCUT2D eigenvalue weighted by Gasteiger charge is 2.30. The molecule has 2 heterocycles. The molecule has 19 heavy (non-hydrogen) atoms. The second-order valence-corrected chi connectivity index (χ2v) is 6.02. The molecule has 1 aromatic carbocycles. The molecule has 1 aliphatic heterocycles. The van der Waals surface area contributed by atoms with E-state index >= 15 is 0 Å². The minimum Gasteiger partial charge on any atom is -0.331 e. The van der Waals surface area contributed by atoms with Gasteiger partial charge in [0.1, 0.15) is 0 Å². The fraction of sp³-hybridized carbons (Fsp3) is 0.312. The molecule has 1 aromatic heterocycles. The summed E-state index contributed by atoms with van der Waals surface area (Å²) in [6.45, 7) is 2.91. The van der Waals surface area contributed by atoms with Gasteiger partial charge in [0.2, 0.25) is 0 Å². The SMILES string of the molecule is Cc1ccc(C(=O)N2CCC[C@H]2c2cccs2)cc1. The molecule has 3 heteroatoms. The molecule has 0 saturated carbocycles. The maximum atomic E-state index is 12.6. The molecule has 98 valence electrons. The van der Waals surface area contributed by atoms with E-state index in [2.05, 4.69) is 17.5 Å². The molecule has 0 unspecified atom stereocenters. The number of aryl methyl sites for hydroxylation is 1. The Labute approximate surface area is 117 Å². The molecule has 1 fully saturated rings. The molecular weight excluding hydrogens is 254 g/mol. The molecule has 0 bridgehead atoms. The summed E-state index contributed by atoms with van der Waals surface area (Å²) in [6, 6.07) is 12.3. The molecule has 0 aliphatic carbocycles. The molecule has 1 aliphatic rings. The van der Waals surface area contributed by atoms with Crippen LogP contribution < -0.4 is 0 Å². The maximum absolute atomic E-state index is 12.6. The lowest BCUT2D eigenvalue weighted by Gasteiger charge is -2.24. The van der Waals surface area contributed by atoms with Crippen LogP contribution in [0.1, 0.15) is 39.7 Å². The lowest BCUT2D eigenvalue weighted by molar-refractivity contribution is 0.0738. The normalized spacial score (nSPS) is 18.8. The molecule has 0 spiro atoms. The first-order chi connectivity index (χ1) is 9.25. The van der Waals surface area contributed by atoms with Gasteiger partial charge in [0.15, 0.2) is 0 Å². The van der Waals surface area contributed by atoms with E-state index < -0.39 is 0 Å². The minimum atomic E-state index is 0.163. The molecule has 1 atom stereocenters. The van der Waals surface area contributed by atoms with Crippen molar-refractivity contribution in [3.8, 4) is 0 Å². The van der Waals surface area contributed by atoms with Crippen LogP contribution in [0.2, 0.25) is 0 Å². The van der Waals surface area contributed by atoms with Crippen LogP contribution in [0.4, 0.5) is 0 Å². The van der Waals surface area contributed by atoms with Crippen LogP contribution in [0.25, 0.3) is 0 Å². The van der Waals surface area contributed by atoms with Crippen LogP contribution in [-0.4, -0.2) is 17.4 Å². The fourth-order valence-corrected chi connectivity index (χ4v) is 3.52. The molecule has 1 saturated heterocycles. The molecular formula is C16H17NOS. The Morgan fingerprint density at radius 3 is 2.74 bits per heavy atom. The van der Waals surface area contributed by atoms with E-state index in [0.29, 0.717) is 0 Å². The number of amides is 1. The highest BCUT2D eigenvalue weighted by molar-refractivity contribution is 7.10. The quantitative estimate of drug-likeness (QED) is 0.807. The Kier molecular flexibility index (Phi) is 3.38. The number of rotatable bonds is 2. The van der Waals surface area contributed by atoms with E-state index in [9.17, 15) is 4.79 Å². The summed E-state index contributed by atoms with van der Waals surface area (Å²) in [5.41, 5.74) is 1.99. The van der Waals surface area contributed by atoms with Crippen LogP contribution in [0.15, 0.2) is 41.8 Å². The Bertz CT molecular complexity index is 559. The third-order valence-corrected chi connectivity index (χ3v) is 4.66. The molecule has 0 N–H and O–H groups in total. The smallest absolute Gasteiger partial charge is 0.254 e. The highest BCUT2D eigenvalue weighted by Crippen LogP contribution is 2.35. The number of likely N-dealkylation sites (tertiary alicyclic amines) is 1. The fourth-order valence-electron chi connectivity index (χ4n) is 2.65. The summed E-state index contributed by atoms with van der Waals surface area (Å²) in [6.07, 6.45) is 2.18. The van der Waals surface area contributed by atoms with Crippen molar-refractivity contribution in [1.82, 2.24) is 4.90 Å². The van der Waals surface area contributed by atoms with Gasteiger partial charge < -0.3 is 4.90 Å². The van der Waals surface area contributed by atoms with Crippen molar-refractivity contribution >= 4 is 17.2 Å². The van der Waals surface area contributed by atoms with Gasteiger partial charge in [0.25, 0.3) is 5.91 Å². The highest BCUT2D eigenvalue weighted by atomic mass is 32.1. The Morgan fingerprint density at radius 1 is 1.26 bits per heavy atom. The van der Waals surface area contributed by atoms with Crippen LogP contribution >= 0.6 is 11.3 Å². The molecule has 2 nitrogen and oxygen atoms in total. The van der Waals surface area contributed by atoms with Gasteiger partial charge in [0, 0.05) is 17.0 Å². The van der Waals surface area contributed by atoms with Gasteiger partial charge in [-0.3, -0.25) is 4.79 Å². The maximum Gasteiger partial charge on any atom is 0.254 e. The van der Waals surface area contributed by atoms with Crippen molar-refractivity contribution < 1.29 is 4.79 Å². The van der Waals surface area contributed by atoms with E-state index in [4.69, 9.17) is 0 Å². The van der Waals surface area contributed by atoms with E-state index in [-0.39, 0.29) is 11.9 Å². The van der Waals surface area contributed by atoms with Crippen LogP contribution in [0, 0.1) is 6.92 Å². The minimum absolute atomic E-state index is 0.163. The van der Waals surface area contributed by atoms with Gasteiger partial charge in [0.05, 0.1) is 6.04 Å². The number of benzene rings is 1. The third-order valence-electron chi connectivity index (χ3n) is 3.68. The monoisotopic (exact) mass is 271 g/mol. The van der Waals surface area contributed by atoms with Crippen LogP contribution in [-0.2, 0) is 0 Å². The first-order valence-corrected chi connectivity index (χ1v) is 7.55. The zero-order valence-corrected chi connectivity index (χ0v) is 11.8. The Morgan fingerprint density at radius 2 is 2.05 bits per heavy atom. The summed E-state index contributed by atoms with van der Waals surface area (Å²) in [5.74, 6) is 0.163. The average Bonchev–Trinajstić information content (AvgIpc) is 3.09. The number of nitrogens with zero attached hydrogens (tertiary/aromatic N) is 1. The van der Waals surface area contributed by atoms with Gasteiger partial charge in [-0.1, -0.05) is 23.8 Å². The van der Waals surface area contributed by atoms with Crippen molar-refractivity contribution in [1.29, 1.82) is 0 Å². The van der Waals surface area contributed by atoms with Gasteiger partial charge in [-0.05, 0) is 43.3 Å². The third kappa shape index (κ3) is 2.43. The van der Waals surface area contributed by atoms with E-state index in [1.807, 2.05) is 36.1 Å².